The maximum absolute atomic E-state index is 12.4. The van der Waals surface area contributed by atoms with Crippen molar-refractivity contribution in [3.63, 3.8) is 0 Å². The van der Waals surface area contributed by atoms with Gasteiger partial charge in [0.1, 0.15) is 5.75 Å². The lowest BCUT2D eigenvalue weighted by atomic mass is 10.1. The predicted molar refractivity (Wildman–Crippen MR) is 62.2 cm³/mol. The molecule has 0 radical (unpaired) electrons. The maximum atomic E-state index is 12.4. The summed E-state index contributed by atoms with van der Waals surface area (Å²) in [6.07, 6.45) is 3.10. The van der Waals surface area contributed by atoms with Crippen molar-refractivity contribution in [2.45, 2.75) is 6.61 Å². The van der Waals surface area contributed by atoms with Crippen LogP contribution in [0.25, 0.3) is 11.1 Å². The van der Waals surface area contributed by atoms with Gasteiger partial charge in [0.2, 0.25) is 0 Å². The molecule has 0 bridgehead atoms. The van der Waals surface area contributed by atoms with E-state index in [-0.39, 0.29) is 11.3 Å². The van der Waals surface area contributed by atoms with Gasteiger partial charge in [0.05, 0.1) is 11.8 Å². The Morgan fingerprint density at radius 3 is 2.74 bits per heavy atom. The lowest BCUT2D eigenvalue weighted by Gasteiger charge is -2.10. The van der Waals surface area contributed by atoms with Crippen molar-refractivity contribution in [3.05, 3.63) is 36.2 Å². The number of carboxylic acid groups (broad SMARTS) is 1. The highest BCUT2D eigenvalue weighted by Crippen LogP contribution is 2.31. The summed E-state index contributed by atoms with van der Waals surface area (Å²) >= 11 is 0. The van der Waals surface area contributed by atoms with Crippen LogP contribution in [-0.4, -0.2) is 27.5 Å². The van der Waals surface area contributed by atoms with E-state index >= 15 is 0 Å². The average molecular weight is 268 g/mol. The minimum Gasteiger partial charge on any atom is -0.478 e. The van der Waals surface area contributed by atoms with Crippen molar-refractivity contribution in [1.29, 1.82) is 0 Å². The Morgan fingerprint density at radius 2 is 2.21 bits per heavy atom. The van der Waals surface area contributed by atoms with E-state index in [2.05, 4.69) is 9.84 Å². The highest BCUT2D eigenvalue weighted by Gasteiger charge is 2.15. The second-order valence-electron chi connectivity index (χ2n) is 3.80. The first-order chi connectivity index (χ1) is 8.97. The van der Waals surface area contributed by atoms with Gasteiger partial charge in [0.25, 0.3) is 0 Å². The summed E-state index contributed by atoms with van der Waals surface area (Å²) in [4.78, 5) is 10.8. The molecule has 1 aromatic carbocycles. The van der Waals surface area contributed by atoms with Crippen LogP contribution < -0.4 is 4.74 Å². The number of carboxylic acids is 1. The zero-order valence-electron chi connectivity index (χ0n) is 9.88. The smallest absolute Gasteiger partial charge is 0.387 e. The molecule has 0 aliphatic heterocycles. The number of aryl methyl sites for hydroxylation is 1. The molecule has 19 heavy (non-hydrogen) atoms. The van der Waals surface area contributed by atoms with E-state index in [1.165, 1.54) is 23.0 Å². The lowest BCUT2D eigenvalue weighted by molar-refractivity contribution is -0.0495. The standard InChI is InChI=1S/C12H10F2N2O3/c1-16-6-8(5-15-16)9-3-2-7(11(17)18)4-10(9)19-12(13)14/h2-6,12H,1H3,(H,17,18). The number of ether oxygens (including phenoxy) is 1. The highest BCUT2D eigenvalue weighted by molar-refractivity contribution is 5.89. The number of hydrogen-bond donors (Lipinski definition) is 1. The van der Waals surface area contributed by atoms with Crippen LogP contribution in [0.2, 0.25) is 0 Å². The zero-order valence-corrected chi connectivity index (χ0v) is 9.88. The number of aromatic nitrogens is 2. The number of carbonyl (C=O) groups is 1. The van der Waals surface area contributed by atoms with Crippen LogP contribution >= 0.6 is 0 Å². The fourth-order valence-corrected chi connectivity index (χ4v) is 1.65. The first-order valence-electron chi connectivity index (χ1n) is 5.28. The van der Waals surface area contributed by atoms with Crippen LogP contribution in [0.15, 0.2) is 30.6 Å². The van der Waals surface area contributed by atoms with E-state index in [9.17, 15) is 13.6 Å². The maximum Gasteiger partial charge on any atom is 0.387 e. The molecular weight excluding hydrogens is 258 g/mol. The molecular formula is C12H10F2N2O3. The molecule has 0 saturated carbocycles. The first kappa shape index (κ1) is 13.0. The summed E-state index contributed by atoms with van der Waals surface area (Å²) in [5.74, 6) is -1.40. The van der Waals surface area contributed by atoms with Gasteiger partial charge in [0, 0.05) is 24.4 Å². The fourth-order valence-electron chi connectivity index (χ4n) is 1.65. The van der Waals surface area contributed by atoms with Gasteiger partial charge in [-0.25, -0.2) is 4.79 Å². The van der Waals surface area contributed by atoms with Crippen LogP contribution in [0, 0.1) is 0 Å². The third-order valence-corrected chi connectivity index (χ3v) is 2.46. The molecule has 0 unspecified atom stereocenters. The molecule has 0 aliphatic carbocycles. The minimum absolute atomic E-state index is 0.122. The minimum atomic E-state index is -3.03. The summed E-state index contributed by atoms with van der Waals surface area (Å²) in [5, 5.41) is 12.8. The second-order valence-corrected chi connectivity index (χ2v) is 3.80. The van der Waals surface area contributed by atoms with Gasteiger partial charge in [-0.3, -0.25) is 4.68 Å². The summed E-state index contributed by atoms with van der Waals surface area (Å²) in [7, 11) is 1.68. The molecule has 2 rings (SSSR count). The molecule has 100 valence electrons. The number of halogens is 2. The fraction of sp³-hybridized carbons (Fsp3) is 0.167. The van der Waals surface area contributed by atoms with Gasteiger partial charge in [0.15, 0.2) is 0 Å². The summed E-state index contributed by atoms with van der Waals surface area (Å²) in [6, 6.07) is 3.80. The molecule has 2 aromatic rings. The Kier molecular flexibility index (Phi) is 3.46. The molecule has 0 aliphatic rings. The van der Waals surface area contributed by atoms with Crippen LogP contribution in [-0.2, 0) is 7.05 Å². The second kappa shape index (κ2) is 5.05. The Hall–Kier alpha value is -2.44. The van der Waals surface area contributed by atoms with Crippen LogP contribution in [0.3, 0.4) is 0 Å². The molecule has 5 nitrogen and oxygen atoms in total. The largest absolute Gasteiger partial charge is 0.478 e. The number of rotatable bonds is 4. The molecule has 1 heterocycles. The van der Waals surface area contributed by atoms with Crippen LogP contribution in [0.4, 0.5) is 8.78 Å². The molecule has 0 fully saturated rings. The number of aromatic carboxylic acids is 1. The van der Waals surface area contributed by atoms with Gasteiger partial charge in [-0.2, -0.15) is 13.9 Å². The highest BCUT2D eigenvalue weighted by atomic mass is 19.3. The third kappa shape index (κ3) is 2.87. The zero-order chi connectivity index (χ0) is 14.0. The third-order valence-electron chi connectivity index (χ3n) is 2.46. The summed E-state index contributed by atoms with van der Waals surface area (Å²) in [6.45, 7) is -3.03. The number of nitrogens with zero attached hydrogens (tertiary/aromatic N) is 2. The first-order valence-corrected chi connectivity index (χ1v) is 5.28. The molecule has 0 atom stereocenters. The van der Waals surface area contributed by atoms with Crippen LogP contribution in [0.5, 0.6) is 5.75 Å². The van der Waals surface area contributed by atoms with E-state index in [0.29, 0.717) is 11.1 Å². The predicted octanol–water partition coefficient (Wildman–Crippen LogP) is 2.39. The quantitative estimate of drug-likeness (QED) is 0.924. The number of alkyl halides is 2. The molecule has 1 aromatic heterocycles. The molecule has 0 amide bonds. The Morgan fingerprint density at radius 1 is 1.47 bits per heavy atom. The normalized spacial score (nSPS) is 10.7. The van der Waals surface area contributed by atoms with Crippen LogP contribution in [0.1, 0.15) is 10.4 Å². The van der Waals surface area contributed by atoms with E-state index in [0.717, 1.165) is 6.07 Å². The van der Waals surface area contributed by atoms with Gasteiger partial charge < -0.3 is 9.84 Å². The molecule has 0 saturated heterocycles. The molecule has 7 heteroatoms. The van der Waals surface area contributed by atoms with Gasteiger partial charge in [-0.05, 0) is 18.2 Å². The summed E-state index contributed by atoms with van der Waals surface area (Å²) in [5.41, 5.74) is 0.803. The van der Waals surface area contributed by atoms with Crippen molar-refractivity contribution in [2.24, 2.45) is 7.05 Å². The van der Waals surface area contributed by atoms with E-state index in [1.807, 2.05) is 0 Å². The van der Waals surface area contributed by atoms with E-state index < -0.39 is 12.6 Å². The van der Waals surface area contributed by atoms with Gasteiger partial charge in [-0.1, -0.05) is 0 Å². The summed E-state index contributed by atoms with van der Waals surface area (Å²) < 4.78 is 30.6. The Labute approximate surface area is 107 Å². The van der Waals surface area contributed by atoms with E-state index in [4.69, 9.17) is 5.11 Å². The Bertz CT molecular complexity index is 611. The molecule has 0 spiro atoms. The van der Waals surface area contributed by atoms with Crippen molar-refractivity contribution in [3.8, 4) is 16.9 Å². The van der Waals surface area contributed by atoms with Crippen molar-refractivity contribution in [1.82, 2.24) is 9.78 Å². The monoisotopic (exact) mass is 268 g/mol. The average Bonchev–Trinajstić information content (AvgIpc) is 2.74. The van der Waals surface area contributed by atoms with Crippen molar-refractivity contribution in [2.75, 3.05) is 0 Å². The van der Waals surface area contributed by atoms with Gasteiger partial charge in [-0.15, -0.1) is 0 Å². The topological polar surface area (TPSA) is 64.4 Å². The van der Waals surface area contributed by atoms with E-state index in [1.54, 1.807) is 13.2 Å². The lowest BCUT2D eigenvalue weighted by Crippen LogP contribution is -2.05. The van der Waals surface area contributed by atoms with Gasteiger partial charge >= 0.3 is 12.6 Å². The number of hydrogen-bond acceptors (Lipinski definition) is 3. The SMILES string of the molecule is Cn1cc(-c2ccc(C(=O)O)cc2OC(F)F)cn1. The Balaban J connectivity index is 2.50. The van der Waals surface area contributed by atoms with Crippen molar-refractivity contribution < 1.29 is 23.4 Å². The molecule has 1 N–H and O–H groups in total. The van der Waals surface area contributed by atoms with Crippen molar-refractivity contribution >= 4 is 5.97 Å². The number of benzene rings is 1.